The van der Waals surface area contributed by atoms with E-state index in [2.05, 4.69) is 10.0 Å². The van der Waals surface area contributed by atoms with Crippen molar-refractivity contribution in [2.45, 2.75) is 50.8 Å². The molecule has 2 aromatic carbocycles. The highest BCUT2D eigenvalue weighted by atomic mass is 35.5. The van der Waals surface area contributed by atoms with Gasteiger partial charge in [-0.2, -0.15) is 0 Å². The summed E-state index contributed by atoms with van der Waals surface area (Å²) in [5, 5.41) is 13.1. The summed E-state index contributed by atoms with van der Waals surface area (Å²) in [7, 11) is -2.40. The van der Waals surface area contributed by atoms with Crippen LogP contribution in [0.15, 0.2) is 47.4 Å². The maximum absolute atomic E-state index is 13.6. The fourth-order valence-corrected chi connectivity index (χ4v) is 5.26. The van der Waals surface area contributed by atoms with Crippen LogP contribution in [-0.2, 0) is 10.0 Å². The van der Waals surface area contributed by atoms with Gasteiger partial charge in [0.15, 0.2) is 5.75 Å². The lowest BCUT2D eigenvalue weighted by Crippen LogP contribution is -2.51. The van der Waals surface area contributed by atoms with Crippen molar-refractivity contribution in [3.63, 3.8) is 0 Å². The first-order valence-electron chi connectivity index (χ1n) is 12.4. The number of hydrogen-bond donors (Lipinski definition) is 3. The highest BCUT2D eigenvalue weighted by Crippen LogP contribution is 2.36. The number of anilines is 1. The van der Waals surface area contributed by atoms with E-state index in [1.165, 1.54) is 35.2 Å². The van der Waals surface area contributed by atoms with Crippen molar-refractivity contribution >= 4 is 39.2 Å². The van der Waals surface area contributed by atoms with Crippen LogP contribution in [0.1, 0.15) is 38.1 Å². The maximum Gasteiger partial charge on any atom is 0.317 e. The zero-order chi connectivity index (χ0) is 28.2. The molecule has 1 aliphatic heterocycles. The maximum atomic E-state index is 13.6. The molecule has 12 heteroatoms. The van der Waals surface area contributed by atoms with Gasteiger partial charge in [-0.15, -0.1) is 0 Å². The van der Waals surface area contributed by atoms with E-state index in [0.717, 1.165) is 0 Å². The number of carbonyl (C=O) groups excluding carboxylic acids is 2. The van der Waals surface area contributed by atoms with Gasteiger partial charge < -0.3 is 25.0 Å². The number of halogens is 1. The van der Waals surface area contributed by atoms with Crippen LogP contribution in [0.4, 0.5) is 10.5 Å². The smallest absolute Gasteiger partial charge is 0.317 e. The number of sulfonamides is 1. The topological polar surface area (TPSA) is 128 Å². The number of ether oxygens (including phenoxy) is 1. The van der Waals surface area contributed by atoms with Gasteiger partial charge in [0.2, 0.25) is 0 Å². The molecule has 0 aromatic heterocycles. The molecule has 0 fully saturated rings. The average molecular weight is 567 g/mol. The van der Waals surface area contributed by atoms with Gasteiger partial charge >= 0.3 is 6.03 Å². The van der Waals surface area contributed by atoms with Crippen LogP contribution < -0.4 is 14.8 Å². The van der Waals surface area contributed by atoms with E-state index in [-0.39, 0.29) is 59.6 Å². The Balaban J connectivity index is 2.05. The van der Waals surface area contributed by atoms with Crippen molar-refractivity contribution in [2.75, 3.05) is 31.5 Å². The number of fused-ring (bicyclic) bond motifs is 1. The number of benzene rings is 2. The predicted molar refractivity (Wildman–Crippen MR) is 146 cm³/mol. The number of carbonyl (C=O) groups is 2. The highest BCUT2D eigenvalue weighted by molar-refractivity contribution is 7.92. The van der Waals surface area contributed by atoms with Crippen LogP contribution >= 0.6 is 11.6 Å². The Morgan fingerprint density at radius 2 is 1.87 bits per heavy atom. The van der Waals surface area contributed by atoms with Gasteiger partial charge in [0.25, 0.3) is 15.9 Å². The molecule has 0 bridgehead atoms. The lowest BCUT2D eigenvalue weighted by Gasteiger charge is -2.38. The molecule has 0 unspecified atom stereocenters. The molecule has 10 nitrogen and oxygen atoms in total. The summed E-state index contributed by atoms with van der Waals surface area (Å²) in [6, 6.07) is 9.47. The summed E-state index contributed by atoms with van der Waals surface area (Å²) in [6.45, 7) is 7.52. The molecule has 3 atom stereocenters. The minimum absolute atomic E-state index is 0.0118. The number of likely N-dealkylation sites (N-methyl/N-ethyl adjacent to an activating group) is 1. The normalized spacial score (nSPS) is 18.6. The Bertz CT molecular complexity index is 1250. The third-order valence-electron chi connectivity index (χ3n) is 6.27. The minimum atomic E-state index is -4.05. The standard InChI is InChI=1S/C26H35ClN4O6S/c1-16(2)28-26(34)30(5)14-23-17(3)13-31(18(4)15-32)25(33)21-7-6-8-22(24(21)37-23)29-38(35,36)20-11-9-19(27)10-12-20/h6-12,16-18,23,29,32H,13-15H2,1-5H3,(H,28,34)/t17-,18-,23-/m1/s1. The van der Waals surface area contributed by atoms with Crippen molar-refractivity contribution in [1.82, 2.24) is 15.1 Å². The molecule has 1 heterocycles. The molecule has 0 radical (unpaired) electrons. The lowest BCUT2D eigenvalue weighted by molar-refractivity contribution is 0.0369. The van der Waals surface area contributed by atoms with Crippen molar-refractivity contribution in [2.24, 2.45) is 5.92 Å². The van der Waals surface area contributed by atoms with Gasteiger partial charge in [0.1, 0.15) is 6.10 Å². The second-order valence-electron chi connectivity index (χ2n) is 9.85. The number of urea groups is 1. The average Bonchev–Trinajstić information content (AvgIpc) is 2.85. The molecule has 3 amide bonds. The van der Waals surface area contributed by atoms with Gasteiger partial charge in [-0.1, -0.05) is 24.6 Å². The fraction of sp³-hybridized carbons (Fsp3) is 0.462. The predicted octanol–water partition coefficient (Wildman–Crippen LogP) is 3.41. The number of nitrogens with one attached hydrogen (secondary N) is 2. The Morgan fingerprint density at radius 3 is 2.47 bits per heavy atom. The first-order valence-corrected chi connectivity index (χ1v) is 14.2. The van der Waals surface area contributed by atoms with E-state index in [9.17, 15) is 23.1 Å². The van der Waals surface area contributed by atoms with Crippen molar-refractivity contribution in [3.8, 4) is 5.75 Å². The Morgan fingerprint density at radius 1 is 1.21 bits per heavy atom. The first kappa shape index (κ1) is 29.5. The largest absolute Gasteiger partial charge is 0.485 e. The molecule has 0 aliphatic carbocycles. The van der Waals surface area contributed by atoms with Crippen LogP contribution in [0.25, 0.3) is 0 Å². The zero-order valence-electron chi connectivity index (χ0n) is 22.1. The summed E-state index contributed by atoms with van der Waals surface area (Å²) in [4.78, 5) is 29.2. The van der Waals surface area contributed by atoms with Crippen LogP contribution in [0, 0.1) is 5.92 Å². The van der Waals surface area contributed by atoms with Gasteiger partial charge in [-0.3, -0.25) is 9.52 Å². The van der Waals surface area contributed by atoms with Gasteiger partial charge in [-0.25, -0.2) is 13.2 Å². The second kappa shape index (κ2) is 12.2. The minimum Gasteiger partial charge on any atom is -0.485 e. The summed E-state index contributed by atoms with van der Waals surface area (Å²) >= 11 is 5.91. The van der Waals surface area contributed by atoms with E-state index >= 15 is 0 Å². The third kappa shape index (κ3) is 6.89. The van der Waals surface area contributed by atoms with Gasteiger partial charge in [-0.05, 0) is 57.2 Å². The van der Waals surface area contributed by atoms with Crippen molar-refractivity contribution < 1.29 is 27.9 Å². The van der Waals surface area contributed by atoms with Crippen LogP contribution in [0.5, 0.6) is 5.75 Å². The quantitative estimate of drug-likeness (QED) is 0.449. The number of aliphatic hydroxyl groups excluding tert-OH is 1. The number of rotatable bonds is 8. The molecule has 3 rings (SSSR count). The summed E-state index contributed by atoms with van der Waals surface area (Å²) in [5.41, 5.74) is 0.226. The van der Waals surface area contributed by atoms with Gasteiger partial charge in [0.05, 0.1) is 35.3 Å². The van der Waals surface area contributed by atoms with E-state index in [1.54, 1.807) is 31.0 Å². The van der Waals surface area contributed by atoms with Crippen molar-refractivity contribution in [1.29, 1.82) is 0 Å². The molecule has 1 aliphatic rings. The molecule has 2 aromatic rings. The highest BCUT2D eigenvalue weighted by Gasteiger charge is 2.35. The van der Waals surface area contributed by atoms with Crippen LogP contribution in [-0.4, -0.2) is 80.2 Å². The molecule has 0 spiro atoms. The number of nitrogens with zero attached hydrogens (tertiary/aromatic N) is 2. The zero-order valence-corrected chi connectivity index (χ0v) is 23.7. The molecule has 3 N–H and O–H groups in total. The van der Waals surface area contributed by atoms with Crippen LogP contribution in [0.3, 0.4) is 0 Å². The Kier molecular flexibility index (Phi) is 9.50. The summed E-state index contributed by atoms with van der Waals surface area (Å²) in [6.07, 6.45) is -0.598. The molecule has 0 saturated heterocycles. The Labute approximate surface area is 229 Å². The SMILES string of the molecule is CC(C)NC(=O)N(C)C[C@H]1Oc2c(NS(=O)(=O)c3ccc(Cl)cc3)cccc2C(=O)N([C@H](C)CO)C[C@H]1C. The fourth-order valence-electron chi connectivity index (χ4n) is 4.07. The van der Waals surface area contributed by atoms with E-state index in [1.807, 2.05) is 20.8 Å². The summed E-state index contributed by atoms with van der Waals surface area (Å²) < 4.78 is 35.2. The monoisotopic (exact) mass is 566 g/mol. The second-order valence-corrected chi connectivity index (χ2v) is 12.0. The van der Waals surface area contributed by atoms with Gasteiger partial charge in [0, 0.05) is 30.6 Å². The van der Waals surface area contributed by atoms with Crippen LogP contribution in [0.2, 0.25) is 5.02 Å². The molecule has 38 heavy (non-hydrogen) atoms. The molecular weight excluding hydrogens is 532 g/mol. The number of aliphatic hydroxyl groups is 1. The lowest BCUT2D eigenvalue weighted by atomic mass is 9.99. The first-order chi connectivity index (χ1) is 17.8. The number of amides is 3. The van der Waals surface area contributed by atoms with E-state index in [4.69, 9.17) is 16.3 Å². The van der Waals surface area contributed by atoms with Crippen molar-refractivity contribution in [3.05, 3.63) is 53.1 Å². The van der Waals surface area contributed by atoms with E-state index < -0.39 is 28.1 Å². The Hall–Kier alpha value is -3.02. The third-order valence-corrected chi connectivity index (χ3v) is 7.91. The molecular formula is C26H35ClN4O6S. The summed E-state index contributed by atoms with van der Waals surface area (Å²) in [5.74, 6) is -0.610. The number of hydrogen-bond acceptors (Lipinski definition) is 6. The number of para-hydroxylation sites is 1. The molecule has 208 valence electrons. The molecule has 0 saturated carbocycles. The van der Waals surface area contributed by atoms with E-state index in [0.29, 0.717) is 5.02 Å².